The highest BCUT2D eigenvalue weighted by atomic mass is 35.5. The van der Waals surface area contributed by atoms with Crippen LogP contribution in [0.2, 0.25) is 5.02 Å². The van der Waals surface area contributed by atoms with E-state index in [0.717, 1.165) is 17.2 Å². The number of benzene rings is 3. The number of aromatic nitrogens is 3. The van der Waals surface area contributed by atoms with Crippen LogP contribution < -0.4 is 24.0 Å². The zero-order valence-corrected chi connectivity index (χ0v) is 37.5. The molecule has 64 heavy (non-hydrogen) atoms. The van der Waals surface area contributed by atoms with E-state index in [2.05, 4.69) is 4.98 Å². The zero-order valence-electron chi connectivity index (χ0n) is 36.7. The zero-order chi connectivity index (χ0) is 46.2. The quantitative estimate of drug-likeness (QED) is 0.112. The number of rotatable bonds is 12. The molecule has 2 aromatic heterocycles. The molecule has 12 nitrogen and oxygen atoms in total. The Hall–Kier alpha value is -5.68. The van der Waals surface area contributed by atoms with Crippen LogP contribution in [0, 0.1) is 0 Å². The number of likely N-dealkylation sites (tertiary alicyclic amines) is 1. The Morgan fingerprint density at radius 3 is 1.95 bits per heavy atom. The number of piperazine rings is 1. The molecule has 3 aromatic carbocycles. The maximum Gasteiger partial charge on any atom is 0.418 e. The highest BCUT2D eigenvalue weighted by Gasteiger charge is 2.51. The lowest BCUT2D eigenvalue weighted by atomic mass is 9.99. The number of hydrogen-bond acceptors (Lipinski definition) is 11. The molecule has 2 aliphatic heterocycles. The first kappa shape index (κ1) is 46.3. The molecule has 1 unspecified atom stereocenters. The van der Waals surface area contributed by atoms with E-state index in [1.807, 2.05) is 34.1 Å². The number of pyridine rings is 1. The fourth-order valence-corrected chi connectivity index (χ4v) is 8.13. The number of carbonyl (C=O) groups is 1. The van der Waals surface area contributed by atoms with Crippen LogP contribution in [-0.4, -0.2) is 109 Å². The number of nitrogens with zero attached hydrogens (tertiary/aromatic N) is 7. The van der Waals surface area contributed by atoms with Crippen molar-refractivity contribution in [2.75, 3.05) is 70.4 Å². The lowest BCUT2D eigenvalue weighted by Crippen LogP contribution is -2.50. The summed E-state index contributed by atoms with van der Waals surface area (Å²) in [6.45, 7) is 8.06. The van der Waals surface area contributed by atoms with Crippen molar-refractivity contribution in [3.8, 4) is 28.8 Å². The van der Waals surface area contributed by atoms with E-state index >= 15 is 13.2 Å². The normalized spacial score (nSPS) is 18.0. The SMILES string of the molecule is COc1ccc(CN(Cc2ccc(OC)cc2)c2ccc(C(F)(F)F)c(-c3cc4nc(OCC5(C)CC(F)(F)CN5C)nc(N5CCN(C(=O)OC(C)(C)C)CC5)c4cc3Cl)n2)cc1. The first-order chi connectivity index (χ1) is 30.1. The maximum absolute atomic E-state index is 15.0. The van der Waals surface area contributed by atoms with Crippen LogP contribution in [0.4, 0.5) is 38.4 Å². The van der Waals surface area contributed by atoms with Crippen LogP contribution in [0.1, 0.15) is 50.8 Å². The van der Waals surface area contributed by atoms with Gasteiger partial charge in [0.2, 0.25) is 0 Å². The van der Waals surface area contributed by atoms with Gasteiger partial charge in [0, 0.05) is 56.6 Å². The van der Waals surface area contributed by atoms with Crippen molar-refractivity contribution < 1.29 is 45.7 Å². The summed E-state index contributed by atoms with van der Waals surface area (Å²) < 4.78 is 96.4. The second-order valence-electron chi connectivity index (χ2n) is 17.4. The lowest BCUT2D eigenvalue weighted by Gasteiger charge is -2.36. The van der Waals surface area contributed by atoms with Gasteiger partial charge in [-0.15, -0.1) is 0 Å². The molecule has 18 heteroatoms. The van der Waals surface area contributed by atoms with Crippen molar-refractivity contribution >= 4 is 40.2 Å². The van der Waals surface area contributed by atoms with Crippen LogP contribution in [0.5, 0.6) is 17.5 Å². The van der Waals surface area contributed by atoms with Gasteiger partial charge in [-0.3, -0.25) is 4.90 Å². The van der Waals surface area contributed by atoms with Gasteiger partial charge in [-0.25, -0.2) is 18.6 Å². The molecule has 1 atom stereocenters. The van der Waals surface area contributed by atoms with Crippen molar-refractivity contribution in [1.29, 1.82) is 0 Å². The molecule has 2 fully saturated rings. The number of hydrogen-bond donors (Lipinski definition) is 0. The van der Waals surface area contributed by atoms with Gasteiger partial charge in [-0.05, 0) is 94.4 Å². The number of alkyl halides is 5. The van der Waals surface area contributed by atoms with Gasteiger partial charge in [0.1, 0.15) is 35.3 Å². The van der Waals surface area contributed by atoms with Gasteiger partial charge in [0.15, 0.2) is 0 Å². The minimum atomic E-state index is -4.83. The highest BCUT2D eigenvalue weighted by molar-refractivity contribution is 6.34. The summed E-state index contributed by atoms with van der Waals surface area (Å²) in [6.07, 6.45) is -5.76. The molecule has 0 bridgehead atoms. The summed E-state index contributed by atoms with van der Waals surface area (Å²) in [5.41, 5.74) is -1.38. The predicted molar refractivity (Wildman–Crippen MR) is 235 cm³/mol. The molecule has 342 valence electrons. The Morgan fingerprint density at radius 2 is 1.44 bits per heavy atom. The summed E-state index contributed by atoms with van der Waals surface area (Å²) in [7, 11) is 4.71. The number of methoxy groups -OCH3 is 2. The summed E-state index contributed by atoms with van der Waals surface area (Å²) in [5.74, 6) is -1.05. The molecule has 0 N–H and O–H groups in total. The van der Waals surface area contributed by atoms with Gasteiger partial charge in [0.25, 0.3) is 5.92 Å². The largest absolute Gasteiger partial charge is 0.497 e. The van der Waals surface area contributed by atoms with Crippen LogP contribution >= 0.6 is 11.6 Å². The highest BCUT2D eigenvalue weighted by Crippen LogP contribution is 2.43. The Balaban J connectivity index is 1.31. The molecule has 5 aromatic rings. The van der Waals surface area contributed by atoms with E-state index in [-0.39, 0.29) is 60.7 Å². The molecule has 0 radical (unpaired) electrons. The fraction of sp³-hybridized carbons (Fsp3) is 0.435. The minimum absolute atomic E-state index is 0.0484. The summed E-state index contributed by atoms with van der Waals surface area (Å²) in [4.78, 5) is 33.8. The third-order valence-electron chi connectivity index (χ3n) is 11.3. The molecule has 0 spiro atoms. The van der Waals surface area contributed by atoms with E-state index in [1.165, 1.54) is 23.1 Å². The molecule has 2 saturated heterocycles. The van der Waals surface area contributed by atoms with E-state index in [9.17, 15) is 13.6 Å². The Bertz CT molecular complexity index is 2410. The molecule has 0 aliphatic carbocycles. The van der Waals surface area contributed by atoms with Gasteiger partial charge >= 0.3 is 18.3 Å². The molecular formula is C46H51ClF5N7O5. The average Bonchev–Trinajstić information content (AvgIpc) is 3.46. The number of halogens is 6. The monoisotopic (exact) mass is 911 g/mol. The first-order valence-electron chi connectivity index (χ1n) is 20.7. The number of anilines is 2. The fourth-order valence-electron chi connectivity index (χ4n) is 7.87. The van der Waals surface area contributed by atoms with E-state index in [4.69, 9.17) is 40.5 Å². The van der Waals surface area contributed by atoms with E-state index in [1.54, 1.807) is 78.1 Å². The minimum Gasteiger partial charge on any atom is -0.497 e. The maximum atomic E-state index is 15.0. The third-order valence-corrected chi connectivity index (χ3v) is 11.7. The van der Waals surface area contributed by atoms with Gasteiger partial charge in [0.05, 0.1) is 48.1 Å². The van der Waals surface area contributed by atoms with Crippen molar-refractivity contribution in [2.24, 2.45) is 0 Å². The number of likely N-dealkylation sites (N-methyl/N-ethyl adjacent to an activating group) is 1. The summed E-state index contributed by atoms with van der Waals surface area (Å²) in [6, 6.07) is 19.8. The lowest BCUT2D eigenvalue weighted by molar-refractivity contribution is -0.137. The number of amides is 1. The molecule has 0 saturated carbocycles. The van der Waals surface area contributed by atoms with Gasteiger partial charge < -0.3 is 33.6 Å². The molecule has 2 aliphatic rings. The summed E-state index contributed by atoms with van der Waals surface area (Å²) in [5, 5.41) is 0.348. The number of fused-ring (bicyclic) bond motifs is 1. The van der Waals surface area contributed by atoms with Crippen LogP contribution in [0.3, 0.4) is 0 Å². The van der Waals surface area contributed by atoms with Crippen molar-refractivity contribution in [1.82, 2.24) is 24.8 Å². The molecule has 1 amide bonds. The predicted octanol–water partition coefficient (Wildman–Crippen LogP) is 9.75. The van der Waals surface area contributed by atoms with E-state index < -0.39 is 53.6 Å². The second-order valence-corrected chi connectivity index (χ2v) is 17.8. The Morgan fingerprint density at radius 1 is 0.844 bits per heavy atom. The Labute approximate surface area is 373 Å². The first-order valence-corrected chi connectivity index (χ1v) is 21.1. The smallest absolute Gasteiger partial charge is 0.418 e. The Kier molecular flexibility index (Phi) is 13.1. The topological polar surface area (TPSA) is 106 Å². The second kappa shape index (κ2) is 18.1. The van der Waals surface area contributed by atoms with Crippen molar-refractivity contribution in [2.45, 2.75) is 70.4 Å². The van der Waals surface area contributed by atoms with Crippen molar-refractivity contribution in [3.63, 3.8) is 0 Å². The van der Waals surface area contributed by atoms with Crippen LogP contribution in [0.25, 0.3) is 22.2 Å². The van der Waals surface area contributed by atoms with E-state index in [0.29, 0.717) is 35.8 Å². The summed E-state index contributed by atoms with van der Waals surface area (Å²) >= 11 is 7.00. The number of ether oxygens (including phenoxy) is 4. The van der Waals surface area contributed by atoms with Crippen LogP contribution in [-0.2, 0) is 24.0 Å². The van der Waals surface area contributed by atoms with Gasteiger partial charge in [-0.2, -0.15) is 23.1 Å². The third kappa shape index (κ3) is 10.6. The number of carbonyl (C=O) groups excluding carboxylic acids is 1. The molecule has 4 heterocycles. The average molecular weight is 912 g/mol. The molecular weight excluding hydrogens is 861 g/mol. The molecule has 7 rings (SSSR count). The standard InChI is InChI=1S/C46H51ClF5N7O5/c1-43(2,3)64-42(60)58-20-18-57(19-21-58)40-34-22-36(47)33(23-37(34)53-41(55-40)63-28-44(4)26-45(48,49)27-56(44)5)39-35(46(50,51)52)16-17-38(54-39)59(24-29-8-12-31(61-6)13-9-29)25-30-10-14-32(62-7)15-11-30/h8-17,22-23H,18-21,24-28H2,1-7H3. The van der Waals surface area contributed by atoms with Crippen molar-refractivity contribution in [3.05, 3.63) is 94.5 Å². The van der Waals surface area contributed by atoms with Crippen LogP contribution in [0.15, 0.2) is 72.8 Å². The van der Waals surface area contributed by atoms with Gasteiger partial charge in [-0.1, -0.05) is 35.9 Å².